The third-order valence-corrected chi connectivity index (χ3v) is 4.06. The highest BCUT2D eigenvalue weighted by Crippen LogP contribution is 2.24. The summed E-state index contributed by atoms with van der Waals surface area (Å²) in [6.45, 7) is 4.67. The zero-order valence-corrected chi connectivity index (χ0v) is 12.9. The number of hydrogen-bond donors (Lipinski definition) is 0. The van der Waals surface area contributed by atoms with Crippen LogP contribution in [-0.2, 0) is 0 Å². The minimum Gasteiger partial charge on any atom is -0.341 e. The van der Waals surface area contributed by atoms with E-state index in [9.17, 15) is 4.79 Å². The van der Waals surface area contributed by atoms with Gasteiger partial charge in [-0.2, -0.15) is 0 Å². The Labute approximate surface area is 131 Å². The lowest BCUT2D eigenvalue weighted by atomic mass is 10.2. The molecule has 1 aromatic heterocycles. The van der Waals surface area contributed by atoms with Crippen molar-refractivity contribution in [1.82, 2.24) is 9.88 Å². The molecular formula is C18H21N3O. The summed E-state index contributed by atoms with van der Waals surface area (Å²) < 4.78 is 0. The third-order valence-electron chi connectivity index (χ3n) is 4.06. The Morgan fingerprint density at radius 3 is 2.41 bits per heavy atom. The number of benzene rings is 1. The van der Waals surface area contributed by atoms with Crippen LogP contribution >= 0.6 is 0 Å². The highest BCUT2D eigenvalue weighted by molar-refractivity contribution is 5.92. The molecule has 0 saturated carbocycles. The maximum atomic E-state index is 12.3. The van der Waals surface area contributed by atoms with Gasteiger partial charge in [-0.05, 0) is 44.0 Å². The van der Waals surface area contributed by atoms with Crippen molar-refractivity contribution in [3.05, 3.63) is 54.4 Å². The SMILES string of the molecule is CCN(c1ccccc1)c1ccc(C(=O)N2CCCC2)nc1. The molecule has 2 heterocycles. The van der Waals surface area contributed by atoms with Crippen LogP contribution in [0.25, 0.3) is 0 Å². The van der Waals surface area contributed by atoms with Crippen LogP contribution in [0, 0.1) is 0 Å². The second kappa shape index (κ2) is 6.60. The van der Waals surface area contributed by atoms with Crippen molar-refractivity contribution in [3.8, 4) is 0 Å². The number of para-hydroxylation sites is 1. The number of amides is 1. The van der Waals surface area contributed by atoms with Crippen molar-refractivity contribution in [2.24, 2.45) is 0 Å². The normalized spacial score (nSPS) is 14.1. The van der Waals surface area contributed by atoms with Gasteiger partial charge in [-0.1, -0.05) is 18.2 Å². The third kappa shape index (κ3) is 2.96. The molecule has 4 heteroatoms. The lowest BCUT2D eigenvalue weighted by Crippen LogP contribution is -2.28. The number of pyridine rings is 1. The van der Waals surface area contributed by atoms with Crippen molar-refractivity contribution in [1.29, 1.82) is 0 Å². The Kier molecular flexibility index (Phi) is 4.37. The van der Waals surface area contributed by atoms with E-state index < -0.39 is 0 Å². The van der Waals surface area contributed by atoms with Crippen LogP contribution < -0.4 is 4.90 Å². The number of rotatable bonds is 4. The topological polar surface area (TPSA) is 36.4 Å². The van der Waals surface area contributed by atoms with E-state index in [1.165, 1.54) is 0 Å². The number of aromatic nitrogens is 1. The summed E-state index contributed by atoms with van der Waals surface area (Å²) in [6.07, 6.45) is 3.99. The Bertz CT molecular complexity index is 619. The van der Waals surface area contributed by atoms with Gasteiger partial charge in [-0.25, -0.2) is 4.98 Å². The Hall–Kier alpha value is -2.36. The summed E-state index contributed by atoms with van der Waals surface area (Å²) in [5, 5.41) is 0. The molecule has 0 atom stereocenters. The van der Waals surface area contributed by atoms with Gasteiger partial charge in [-0.15, -0.1) is 0 Å². The number of likely N-dealkylation sites (tertiary alicyclic amines) is 1. The number of carbonyl (C=O) groups excluding carboxylic acids is 1. The van der Waals surface area contributed by atoms with Crippen LogP contribution in [0.4, 0.5) is 11.4 Å². The molecule has 114 valence electrons. The molecule has 0 spiro atoms. The first-order valence-corrected chi connectivity index (χ1v) is 7.87. The molecule has 0 radical (unpaired) electrons. The molecule has 1 aliphatic heterocycles. The quantitative estimate of drug-likeness (QED) is 0.866. The number of hydrogen-bond acceptors (Lipinski definition) is 3. The minimum atomic E-state index is 0.0480. The van der Waals surface area contributed by atoms with Crippen molar-refractivity contribution in [2.45, 2.75) is 19.8 Å². The summed E-state index contributed by atoms with van der Waals surface area (Å²) >= 11 is 0. The zero-order valence-electron chi connectivity index (χ0n) is 12.9. The first-order chi connectivity index (χ1) is 10.8. The smallest absolute Gasteiger partial charge is 0.272 e. The van der Waals surface area contributed by atoms with E-state index in [2.05, 4.69) is 28.9 Å². The van der Waals surface area contributed by atoms with E-state index in [4.69, 9.17) is 0 Å². The summed E-state index contributed by atoms with van der Waals surface area (Å²) in [6, 6.07) is 14.0. The average molecular weight is 295 g/mol. The van der Waals surface area contributed by atoms with Crippen molar-refractivity contribution in [2.75, 3.05) is 24.5 Å². The molecule has 4 nitrogen and oxygen atoms in total. The lowest BCUT2D eigenvalue weighted by molar-refractivity contribution is 0.0787. The summed E-state index contributed by atoms with van der Waals surface area (Å²) in [7, 11) is 0. The fraction of sp³-hybridized carbons (Fsp3) is 0.333. The fourth-order valence-corrected chi connectivity index (χ4v) is 2.88. The van der Waals surface area contributed by atoms with Crippen LogP contribution in [0.15, 0.2) is 48.7 Å². The molecule has 0 aliphatic carbocycles. The van der Waals surface area contributed by atoms with Crippen LogP contribution in [0.3, 0.4) is 0 Å². The van der Waals surface area contributed by atoms with Gasteiger partial charge >= 0.3 is 0 Å². The Morgan fingerprint density at radius 2 is 1.82 bits per heavy atom. The molecule has 0 bridgehead atoms. The number of nitrogens with zero attached hydrogens (tertiary/aromatic N) is 3. The Morgan fingerprint density at radius 1 is 1.09 bits per heavy atom. The zero-order chi connectivity index (χ0) is 15.4. The predicted molar refractivity (Wildman–Crippen MR) is 88.5 cm³/mol. The minimum absolute atomic E-state index is 0.0480. The molecule has 0 unspecified atom stereocenters. The van der Waals surface area contributed by atoms with E-state index in [0.717, 1.165) is 43.9 Å². The van der Waals surface area contributed by atoms with E-state index in [1.807, 2.05) is 35.2 Å². The summed E-state index contributed by atoms with van der Waals surface area (Å²) in [5.74, 6) is 0.0480. The summed E-state index contributed by atoms with van der Waals surface area (Å²) in [4.78, 5) is 20.8. The molecule has 1 saturated heterocycles. The van der Waals surface area contributed by atoms with Crippen LogP contribution in [0.1, 0.15) is 30.3 Å². The van der Waals surface area contributed by atoms with Gasteiger partial charge < -0.3 is 9.80 Å². The molecule has 2 aromatic rings. The van der Waals surface area contributed by atoms with E-state index in [1.54, 1.807) is 6.20 Å². The molecule has 3 rings (SSSR count). The van der Waals surface area contributed by atoms with Crippen LogP contribution in [0.2, 0.25) is 0 Å². The van der Waals surface area contributed by atoms with Gasteiger partial charge in [0.05, 0.1) is 11.9 Å². The largest absolute Gasteiger partial charge is 0.341 e. The van der Waals surface area contributed by atoms with E-state index >= 15 is 0 Å². The van der Waals surface area contributed by atoms with Gasteiger partial charge in [0.15, 0.2) is 0 Å². The molecule has 1 fully saturated rings. The van der Waals surface area contributed by atoms with Crippen molar-refractivity contribution >= 4 is 17.3 Å². The second-order valence-electron chi connectivity index (χ2n) is 5.48. The maximum Gasteiger partial charge on any atom is 0.272 e. The molecule has 1 aliphatic rings. The van der Waals surface area contributed by atoms with Crippen LogP contribution in [-0.4, -0.2) is 35.4 Å². The average Bonchev–Trinajstić information content (AvgIpc) is 3.11. The summed E-state index contributed by atoms with van der Waals surface area (Å²) in [5.41, 5.74) is 2.67. The van der Waals surface area contributed by atoms with Gasteiger partial charge in [0.1, 0.15) is 5.69 Å². The van der Waals surface area contributed by atoms with Gasteiger partial charge in [0.25, 0.3) is 5.91 Å². The van der Waals surface area contributed by atoms with Gasteiger partial charge in [0.2, 0.25) is 0 Å². The molecule has 1 amide bonds. The van der Waals surface area contributed by atoms with E-state index in [-0.39, 0.29) is 5.91 Å². The van der Waals surface area contributed by atoms with Crippen molar-refractivity contribution in [3.63, 3.8) is 0 Å². The highest BCUT2D eigenvalue weighted by atomic mass is 16.2. The molecular weight excluding hydrogens is 274 g/mol. The first-order valence-electron chi connectivity index (χ1n) is 7.87. The van der Waals surface area contributed by atoms with Crippen molar-refractivity contribution < 1.29 is 4.79 Å². The number of carbonyl (C=O) groups is 1. The van der Waals surface area contributed by atoms with Gasteiger partial charge in [0, 0.05) is 25.3 Å². The Balaban J connectivity index is 1.79. The monoisotopic (exact) mass is 295 g/mol. The first kappa shape index (κ1) is 14.6. The van der Waals surface area contributed by atoms with Crippen LogP contribution in [0.5, 0.6) is 0 Å². The lowest BCUT2D eigenvalue weighted by Gasteiger charge is -2.23. The molecule has 22 heavy (non-hydrogen) atoms. The second-order valence-corrected chi connectivity index (χ2v) is 5.48. The molecule has 1 aromatic carbocycles. The fourth-order valence-electron chi connectivity index (χ4n) is 2.88. The predicted octanol–water partition coefficient (Wildman–Crippen LogP) is 3.48. The molecule has 0 N–H and O–H groups in total. The van der Waals surface area contributed by atoms with E-state index in [0.29, 0.717) is 5.69 Å². The highest BCUT2D eigenvalue weighted by Gasteiger charge is 2.20. The van der Waals surface area contributed by atoms with Gasteiger partial charge in [-0.3, -0.25) is 4.79 Å². The standard InChI is InChI=1S/C18H21N3O/c1-2-21(15-8-4-3-5-9-15)16-10-11-17(19-14-16)18(22)20-12-6-7-13-20/h3-5,8-11,14H,2,6-7,12-13H2,1H3. The number of anilines is 2. The maximum absolute atomic E-state index is 12.3.